The summed E-state index contributed by atoms with van der Waals surface area (Å²) in [4.78, 5) is 23.8. The molecule has 0 aliphatic carbocycles. The molecule has 1 N–H and O–H groups in total. The summed E-state index contributed by atoms with van der Waals surface area (Å²) in [5.41, 5.74) is -0.331. The van der Waals surface area contributed by atoms with Crippen LogP contribution in [0.15, 0.2) is 4.79 Å². The first-order valence-corrected chi connectivity index (χ1v) is 8.03. The van der Waals surface area contributed by atoms with Gasteiger partial charge in [0.25, 0.3) is 5.56 Å². The van der Waals surface area contributed by atoms with Crippen molar-refractivity contribution in [3.8, 4) is 0 Å². The second kappa shape index (κ2) is 6.04. The number of rotatable bonds is 2. The molecule has 0 radical (unpaired) electrons. The fourth-order valence-electron chi connectivity index (χ4n) is 2.36. The molecule has 11 heteroatoms. The monoisotopic (exact) mass is 384 g/mol. The van der Waals surface area contributed by atoms with Crippen molar-refractivity contribution in [3.63, 3.8) is 0 Å². The van der Waals surface area contributed by atoms with Gasteiger partial charge in [-0.2, -0.15) is 13.2 Å². The van der Waals surface area contributed by atoms with Crippen molar-refractivity contribution in [2.75, 3.05) is 6.54 Å². The normalized spacial score (nSPS) is 15.7. The minimum atomic E-state index is -4.67. The summed E-state index contributed by atoms with van der Waals surface area (Å²) in [5, 5.41) is 0.297. The number of aromatic amines is 1. The van der Waals surface area contributed by atoms with Crippen LogP contribution in [0.1, 0.15) is 22.0 Å². The fraction of sp³-hybridized carbons (Fsp3) is 0.417. The average Bonchev–Trinajstić information content (AvgIpc) is 2.76. The fourth-order valence-corrected chi connectivity index (χ4v) is 3.79. The third-order valence-corrected chi connectivity index (χ3v) is 4.98. The van der Waals surface area contributed by atoms with Crippen LogP contribution in [0, 0.1) is 0 Å². The SMILES string of the molecule is O=c1[nH]c(C(F)(F)F)nc2c1CN(Cc1sc(Cl)nc1Cl)CC2. The van der Waals surface area contributed by atoms with Crippen molar-refractivity contribution in [1.29, 1.82) is 0 Å². The lowest BCUT2D eigenvalue weighted by Gasteiger charge is -2.27. The molecular formula is C12H9Cl2F3N4OS. The van der Waals surface area contributed by atoms with Crippen molar-refractivity contribution < 1.29 is 13.2 Å². The number of alkyl halides is 3. The Balaban J connectivity index is 1.84. The van der Waals surface area contributed by atoms with E-state index >= 15 is 0 Å². The largest absolute Gasteiger partial charge is 0.449 e. The van der Waals surface area contributed by atoms with Crippen LogP contribution in [0.2, 0.25) is 9.62 Å². The number of nitrogens with zero attached hydrogens (tertiary/aromatic N) is 3. The van der Waals surface area contributed by atoms with E-state index < -0.39 is 17.6 Å². The zero-order chi connectivity index (χ0) is 16.8. The maximum Gasteiger partial charge on any atom is 0.449 e. The Morgan fingerprint density at radius 2 is 2.04 bits per heavy atom. The van der Waals surface area contributed by atoms with Gasteiger partial charge in [0.15, 0.2) is 4.47 Å². The van der Waals surface area contributed by atoms with E-state index in [-0.39, 0.29) is 24.2 Å². The molecule has 0 atom stereocenters. The topological polar surface area (TPSA) is 61.9 Å². The van der Waals surface area contributed by atoms with E-state index in [0.29, 0.717) is 22.7 Å². The van der Waals surface area contributed by atoms with Crippen molar-refractivity contribution in [3.05, 3.63) is 41.9 Å². The highest BCUT2D eigenvalue weighted by molar-refractivity contribution is 7.16. The van der Waals surface area contributed by atoms with E-state index in [2.05, 4.69) is 9.97 Å². The molecule has 0 unspecified atom stereocenters. The second-order valence-corrected chi connectivity index (χ2v) is 7.00. The van der Waals surface area contributed by atoms with Crippen LogP contribution in [0.25, 0.3) is 0 Å². The van der Waals surface area contributed by atoms with Gasteiger partial charge in [-0.15, -0.1) is 11.3 Å². The molecule has 1 aliphatic heterocycles. The average molecular weight is 385 g/mol. The lowest BCUT2D eigenvalue weighted by Crippen LogP contribution is -2.36. The Labute approximate surface area is 142 Å². The van der Waals surface area contributed by atoms with Gasteiger partial charge in [-0.25, -0.2) is 9.97 Å². The van der Waals surface area contributed by atoms with Gasteiger partial charge >= 0.3 is 6.18 Å². The zero-order valence-corrected chi connectivity index (χ0v) is 13.7. The molecule has 0 fully saturated rings. The second-order valence-electron chi connectivity index (χ2n) is 4.98. The Morgan fingerprint density at radius 3 is 2.65 bits per heavy atom. The third kappa shape index (κ3) is 3.52. The van der Waals surface area contributed by atoms with E-state index in [9.17, 15) is 18.0 Å². The summed E-state index contributed by atoms with van der Waals surface area (Å²) in [5.74, 6) is -1.26. The molecule has 23 heavy (non-hydrogen) atoms. The molecule has 2 aromatic rings. The minimum Gasteiger partial charge on any atom is -0.303 e. The molecule has 0 bridgehead atoms. The number of aromatic nitrogens is 3. The van der Waals surface area contributed by atoms with Gasteiger partial charge in [0, 0.05) is 26.1 Å². The van der Waals surface area contributed by atoms with Crippen molar-refractivity contribution in [2.24, 2.45) is 0 Å². The summed E-state index contributed by atoms with van der Waals surface area (Å²) in [6.07, 6.45) is -4.41. The molecule has 2 aromatic heterocycles. The number of thiazole rings is 1. The molecule has 0 spiro atoms. The van der Waals surface area contributed by atoms with Crippen LogP contribution < -0.4 is 5.56 Å². The van der Waals surface area contributed by atoms with E-state index in [4.69, 9.17) is 23.2 Å². The summed E-state index contributed by atoms with van der Waals surface area (Å²) < 4.78 is 38.3. The molecule has 0 saturated heterocycles. The number of fused-ring (bicyclic) bond motifs is 1. The Morgan fingerprint density at radius 1 is 1.30 bits per heavy atom. The number of H-pyrrole nitrogens is 1. The minimum absolute atomic E-state index is 0.186. The predicted octanol–water partition coefficient (Wildman–Crippen LogP) is 3.11. The summed E-state index contributed by atoms with van der Waals surface area (Å²) in [6.45, 7) is 1.08. The van der Waals surface area contributed by atoms with Gasteiger partial charge in [-0.05, 0) is 0 Å². The van der Waals surface area contributed by atoms with E-state index in [0.717, 1.165) is 4.88 Å². The number of hydrogen-bond donors (Lipinski definition) is 1. The van der Waals surface area contributed by atoms with Gasteiger partial charge in [0.2, 0.25) is 5.82 Å². The number of hydrogen-bond acceptors (Lipinski definition) is 5. The Kier molecular flexibility index (Phi) is 4.39. The molecule has 124 valence electrons. The summed E-state index contributed by atoms with van der Waals surface area (Å²) >= 11 is 13.0. The van der Waals surface area contributed by atoms with Gasteiger partial charge in [0.05, 0.1) is 16.1 Å². The van der Waals surface area contributed by atoms with Crippen LogP contribution in [0.4, 0.5) is 13.2 Å². The summed E-state index contributed by atoms with van der Waals surface area (Å²) in [7, 11) is 0. The zero-order valence-electron chi connectivity index (χ0n) is 11.4. The molecule has 5 nitrogen and oxygen atoms in total. The first-order chi connectivity index (χ1) is 10.7. The van der Waals surface area contributed by atoms with Gasteiger partial charge in [-0.1, -0.05) is 23.2 Å². The predicted molar refractivity (Wildman–Crippen MR) is 79.8 cm³/mol. The van der Waals surface area contributed by atoms with Crippen molar-refractivity contribution in [1.82, 2.24) is 19.9 Å². The highest BCUT2D eigenvalue weighted by atomic mass is 35.5. The maximum atomic E-state index is 12.7. The highest BCUT2D eigenvalue weighted by Gasteiger charge is 2.36. The summed E-state index contributed by atoms with van der Waals surface area (Å²) in [6, 6.07) is 0. The van der Waals surface area contributed by atoms with E-state index in [1.54, 1.807) is 4.98 Å². The lowest BCUT2D eigenvalue weighted by molar-refractivity contribution is -0.145. The van der Waals surface area contributed by atoms with E-state index in [1.807, 2.05) is 4.90 Å². The van der Waals surface area contributed by atoms with E-state index in [1.165, 1.54) is 11.3 Å². The third-order valence-electron chi connectivity index (χ3n) is 3.41. The molecule has 0 amide bonds. The standard InChI is InChI=1S/C12H9Cl2F3N4OS/c13-8-7(23-11(14)19-8)4-21-2-1-6-5(3-21)9(22)20-10(18-6)12(15,16)17/h1-4H2,(H,18,20,22). The van der Waals surface area contributed by atoms with Crippen LogP contribution in [0.5, 0.6) is 0 Å². The first kappa shape index (κ1) is 16.7. The number of halogens is 5. The molecule has 3 heterocycles. The molecule has 3 rings (SSSR count). The van der Waals surface area contributed by atoms with Crippen LogP contribution >= 0.6 is 34.5 Å². The Bertz CT molecular complexity index is 805. The smallest absolute Gasteiger partial charge is 0.303 e. The molecule has 0 saturated carbocycles. The molecule has 0 aromatic carbocycles. The van der Waals surface area contributed by atoms with Crippen LogP contribution in [-0.4, -0.2) is 26.4 Å². The van der Waals surface area contributed by atoms with Gasteiger partial charge < -0.3 is 4.98 Å². The number of nitrogens with one attached hydrogen (secondary N) is 1. The molecule has 1 aliphatic rings. The van der Waals surface area contributed by atoms with Crippen molar-refractivity contribution in [2.45, 2.75) is 25.7 Å². The van der Waals surface area contributed by atoms with Gasteiger partial charge in [0.1, 0.15) is 5.15 Å². The van der Waals surface area contributed by atoms with Crippen LogP contribution in [-0.2, 0) is 25.7 Å². The van der Waals surface area contributed by atoms with Crippen LogP contribution in [0.3, 0.4) is 0 Å². The molecular weight excluding hydrogens is 376 g/mol. The Hall–Kier alpha value is -1.16. The lowest BCUT2D eigenvalue weighted by atomic mass is 10.1. The van der Waals surface area contributed by atoms with Gasteiger partial charge in [-0.3, -0.25) is 9.69 Å². The maximum absolute atomic E-state index is 12.7. The first-order valence-electron chi connectivity index (χ1n) is 6.46. The van der Waals surface area contributed by atoms with Crippen molar-refractivity contribution >= 4 is 34.5 Å². The quantitative estimate of drug-likeness (QED) is 0.863. The highest BCUT2D eigenvalue weighted by Crippen LogP contribution is 2.30.